The number of carbonyl (C=O) groups is 1. The first-order valence-electron chi connectivity index (χ1n) is 5.66. The van der Waals surface area contributed by atoms with Crippen molar-refractivity contribution in [3.63, 3.8) is 0 Å². The van der Waals surface area contributed by atoms with Crippen LogP contribution in [-0.4, -0.2) is 56.2 Å². The Morgan fingerprint density at radius 1 is 1.56 bits per heavy atom. The molecule has 2 unspecified atom stereocenters. The van der Waals surface area contributed by atoms with Gasteiger partial charge in [0.2, 0.25) is 0 Å². The summed E-state index contributed by atoms with van der Waals surface area (Å²) in [7, 11) is 1.62. The number of methoxy groups -OCH3 is 1. The van der Waals surface area contributed by atoms with E-state index in [1.807, 2.05) is 6.92 Å². The summed E-state index contributed by atoms with van der Waals surface area (Å²) in [6.45, 7) is 4.38. The third-order valence-corrected chi connectivity index (χ3v) is 3.03. The Kier molecular flexibility index (Phi) is 6.09. The molecule has 1 saturated heterocycles. The third kappa shape index (κ3) is 3.61. The normalized spacial score (nSPS) is 24.7. The molecule has 1 amide bonds. The molecule has 16 heavy (non-hydrogen) atoms. The van der Waals surface area contributed by atoms with Crippen LogP contribution < -0.4 is 0 Å². The highest BCUT2D eigenvalue weighted by atomic mass is 35.5. The Bertz CT molecular complexity index is 225. The molecule has 0 aromatic carbocycles. The van der Waals surface area contributed by atoms with Crippen LogP contribution in [-0.2, 0) is 14.3 Å². The second-order valence-corrected chi connectivity index (χ2v) is 4.44. The Labute approximate surface area is 102 Å². The fourth-order valence-electron chi connectivity index (χ4n) is 1.83. The van der Waals surface area contributed by atoms with E-state index in [1.54, 1.807) is 12.0 Å². The largest absolute Gasteiger partial charge is 0.383 e. The van der Waals surface area contributed by atoms with Gasteiger partial charge >= 0.3 is 0 Å². The number of carbonyl (C=O) groups excluding carboxylic acids is 1. The van der Waals surface area contributed by atoms with E-state index in [9.17, 15) is 4.79 Å². The minimum absolute atomic E-state index is 0.0442. The molecule has 0 spiro atoms. The molecule has 1 aliphatic heterocycles. The van der Waals surface area contributed by atoms with Gasteiger partial charge < -0.3 is 14.4 Å². The second-order valence-electron chi connectivity index (χ2n) is 4.06. The number of amides is 1. The molecule has 94 valence electrons. The molecular formula is C11H20ClNO3. The molecule has 0 saturated carbocycles. The zero-order chi connectivity index (χ0) is 12.0. The summed E-state index contributed by atoms with van der Waals surface area (Å²) in [5.74, 6) is 0.784. The molecule has 0 radical (unpaired) electrons. The minimum atomic E-state index is -0.292. The lowest BCUT2D eigenvalue weighted by molar-refractivity contribution is -0.142. The molecule has 1 rings (SSSR count). The van der Waals surface area contributed by atoms with Crippen molar-refractivity contribution in [1.29, 1.82) is 0 Å². The highest BCUT2D eigenvalue weighted by Gasteiger charge is 2.33. The van der Waals surface area contributed by atoms with Gasteiger partial charge in [0, 0.05) is 32.7 Å². The first-order valence-corrected chi connectivity index (χ1v) is 6.19. The van der Waals surface area contributed by atoms with Crippen LogP contribution in [0.15, 0.2) is 0 Å². The molecule has 1 aliphatic rings. The summed E-state index contributed by atoms with van der Waals surface area (Å²) in [6, 6.07) is 0. The van der Waals surface area contributed by atoms with Crippen LogP contribution in [0, 0.1) is 5.92 Å². The van der Waals surface area contributed by atoms with Crippen LogP contribution in [0.1, 0.15) is 13.3 Å². The van der Waals surface area contributed by atoms with E-state index >= 15 is 0 Å². The molecule has 1 fully saturated rings. The monoisotopic (exact) mass is 249 g/mol. The Morgan fingerprint density at radius 3 is 2.81 bits per heavy atom. The smallest absolute Gasteiger partial charge is 0.252 e. The predicted molar refractivity (Wildman–Crippen MR) is 62.7 cm³/mol. The molecule has 5 heteroatoms. The van der Waals surface area contributed by atoms with Gasteiger partial charge in [-0.2, -0.15) is 0 Å². The molecular weight excluding hydrogens is 230 g/mol. The van der Waals surface area contributed by atoms with Crippen molar-refractivity contribution in [2.24, 2.45) is 5.92 Å². The van der Waals surface area contributed by atoms with E-state index in [-0.39, 0.29) is 12.0 Å². The van der Waals surface area contributed by atoms with Crippen molar-refractivity contribution in [3.8, 4) is 0 Å². The molecule has 4 nitrogen and oxygen atoms in total. The van der Waals surface area contributed by atoms with Gasteiger partial charge in [-0.05, 0) is 12.3 Å². The van der Waals surface area contributed by atoms with Crippen LogP contribution in [0.4, 0.5) is 0 Å². The van der Waals surface area contributed by atoms with E-state index in [0.717, 1.165) is 6.42 Å². The Balaban J connectivity index is 2.51. The number of hydrogen-bond donors (Lipinski definition) is 0. The summed E-state index contributed by atoms with van der Waals surface area (Å²) in [5, 5.41) is 0. The lowest BCUT2D eigenvalue weighted by atomic mass is 10.0. The van der Waals surface area contributed by atoms with Crippen molar-refractivity contribution in [3.05, 3.63) is 0 Å². The van der Waals surface area contributed by atoms with E-state index in [2.05, 4.69) is 0 Å². The van der Waals surface area contributed by atoms with Crippen LogP contribution >= 0.6 is 11.6 Å². The molecule has 0 N–H and O–H groups in total. The quantitative estimate of drug-likeness (QED) is 0.663. The van der Waals surface area contributed by atoms with Crippen LogP contribution in [0.5, 0.6) is 0 Å². The second kappa shape index (κ2) is 7.09. The number of rotatable bonds is 6. The summed E-state index contributed by atoms with van der Waals surface area (Å²) in [4.78, 5) is 13.9. The van der Waals surface area contributed by atoms with Crippen molar-refractivity contribution in [2.45, 2.75) is 19.4 Å². The van der Waals surface area contributed by atoms with Crippen molar-refractivity contribution in [2.75, 3.05) is 39.3 Å². The molecule has 0 aromatic heterocycles. The van der Waals surface area contributed by atoms with Gasteiger partial charge in [0.25, 0.3) is 5.91 Å². The van der Waals surface area contributed by atoms with E-state index < -0.39 is 0 Å². The lowest BCUT2D eigenvalue weighted by Crippen LogP contribution is -2.43. The molecule has 0 aromatic rings. The van der Waals surface area contributed by atoms with Gasteiger partial charge in [0.15, 0.2) is 0 Å². The first-order chi connectivity index (χ1) is 7.70. The fraction of sp³-hybridized carbons (Fsp3) is 0.909. The minimum Gasteiger partial charge on any atom is -0.383 e. The molecule has 1 heterocycles. The molecule has 0 bridgehead atoms. The average Bonchev–Trinajstić information content (AvgIpc) is 2.69. The number of halogens is 1. The summed E-state index contributed by atoms with van der Waals surface area (Å²) in [5.41, 5.74) is 0. The van der Waals surface area contributed by atoms with Gasteiger partial charge in [0.05, 0.1) is 6.61 Å². The third-order valence-electron chi connectivity index (χ3n) is 2.86. The van der Waals surface area contributed by atoms with Crippen molar-refractivity contribution in [1.82, 2.24) is 4.90 Å². The SMILES string of the molecule is COCCN(CCCl)C(=O)C1OCCC1C. The summed E-state index contributed by atoms with van der Waals surface area (Å²) < 4.78 is 10.4. The number of hydrogen-bond acceptors (Lipinski definition) is 3. The van der Waals surface area contributed by atoms with Crippen LogP contribution in [0.3, 0.4) is 0 Å². The predicted octanol–water partition coefficient (Wildman–Crippen LogP) is 1.13. The maximum absolute atomic E-state index is 12.1. The van der Waals surface area contributed by atoms with E-state index in [1.165, 1.54) is 0 Å². The number of alkyl halides is 1. The average molecular weight is 250 g/mol. The number of nitrogens with zero attached hydrogens (tertiary/aromatic N) is 1. The zero-order valence-corrected chi connectivity index (χ0v) is 10.7. The van der Waals surface area contributed by atoms with Gasteiger partial charge in [-0.15, -0.1) is 11.6 Å². The van der Waals surface area contributed by atoms with Crippen LogP contribution in [0.25, 0.3) is 0 Å². The number of ether oxygens (including phenoxy) is 2. The van der Waals surface area contributed by atoms with E-state index in [0.29, 0.717) is 38.1 Å². The molecule has 0 aliphatic carbocycles. The Morgan fingerprint density at radius 2 is 2.31 bits per heavy atom. The van der Waals surface area contributed by atoms with Crippen LogP contribution in [0.2, 0.25) is 0 Å². The highest BCUT2D eigenvalue weighted by molar-refractivity contribution is 6.18. The van der Waals surface area contributed by atoms with Gasteiger partial charge in [-0.25, -0.2) is 0 Å². The maximum atomic E-state index is 12.1. The highest BCUT2D eigenvalue weighted by Crippen LogP contribution is 2.21. The summed E-state index contributed by atoms with van der Waals surface area (Å²) in [6.07, 6.45) is 0.662. The van der Waals surface area contributed by atoms with Gasteiger partial charge in [0.1, 0.15) is 6.10 Å². The van der Waals surface area contributed by atoms with Crippen molar-refractivity contribution < 1.29 is 14.3 Å². The summed E-state index contributed by atoms with van der Waals surface area (Å²) >= 11 is 5.69. The standard InChI is InChI=1S/C11H20ClNO3/c1-9-3-7-16-10(9)11(14)13(5-4-12)6-8-15-2/h9-10H,3-8H2,1-2H3. The van der Waals surface area contributed by atoms with Gasteiger partial charge in [-0.3, -0.25) is 4.79 Å². The van der Waals surface area contributed by atoms with E-state index in [4.69, 9.17) is 21.1 Å². The fourth-order valence-corrected chi connectivity index (χ4v) is 2.03. The van der Waals surface area contributed by atoms with Gasteiger partial charge in [-0.1, -0.05) is 6.92 Å². The molecule has 2 atom stereocenters. The zero-order valence-electron chi connectivity index (χ0n) is 9.95. The topological polar surface area (TPSA) is 38.8 Å². The first kappa shape index (κ1) is 13.7. The lowest BCUT2D eigenvalue weighted by Gasteiger charge is -2.25. The Hall–Kier alpha value is -0.320. The van der Waals surface area contributed by atoms with Crippen molar-refractivity contribution >= 4 is 17.5 Å². The maximum Gasteiger partial charge on any atom is 0.252 e.